The first-order chi connectivity index (χ1) is 10.9. The summed E-state index contributed by atoms with van der Waals surface area (Å²) in [5.41, 5.74) is 0. The van der Waals surface area contributed by atoms with Gasteiger partial charge in [0.2, 0.25) is 0 Å². The van der Waals surface area contributed by atoms with E-state index >= 15 is 0 Å². The van der Waals surface area contributed by atoms with Gasteiger partial charge >= 0.3 is 6.18 Å². The van der Waals surface area contributed by atoms with E-state index in [1.807, 2.05) is 6.92 Å². The molecule has 1 rings (SSSR count). The third-order valence-electron chi connectivity index (χ3n) is 3.86. The van der Waals surface area contributed by atoms with Gasteiger partial charge < -0.3 is 10.6 Å². The van der Waals surface area contributed by atoms with E-state index in [1.54, 1.807) is 11.8 Å². The van der Waals surface area contributed by atoms with Crippen molar-refractivity contribution in [2.45, 2.75) is 32.4 Å². The molecule has 0 bridgehead atoms. The molecule has 1 aliphatic heterocycles. The molecule has 0 aliphatic carbocycles. The van der Waals surface area contributed by atoms with Crippen molar-refractivity contribution >= 4 is 41.7 Å². The Kier molecular flexibility index (Phi) is 13.4. The number of hydrogen-bond acceptors (Lipinski definition) is 3. The zero-order valence-electron chi connectivity index (χ0n) is 14.5. The van der Waals surface area contributed by atoms with E-state index < -0.39 is 12.7 Å². The number of hydrogen-bond donors (Lipinski definition) is 2. The minimum absolute atomic E-state index is 0. The number of piperidine rings is 1. The second-order valence-corrected chi connectivity index (χ2v) is 6.79. The third kappa shape index (κ3) is 11.6. The fourth-order valence-electron chi connectivity index (χ4n) is 2.66. The lowest BCUT2D eigenvalue weighted by Gasteiger charge is -2.32. The van der Waals surface area contributed by atoms with E-state index in [-0.39, 0.29) is 24.0 Å². The van der Waals surface area contributed by atoms with Crippen LogP contribution in [0.3, 0.4) is 0 Å². The third-order valence-corrected chi connectivity index (χ3v) is 4.47. The second kappa shape index (κ2) is 13.3. The average molecular weight is 482 g/mol. The largest absolute Gasteiger partial charge is 0.401 e. The molecule has 0 unspecified atom stereocenters. The number of guanidine groups is 1. The van der Waals surface area contributed by atoms with Gasteiger partial charge in [0.15, 0.2) is 5.96 Å². The zero-order chi connectivity index (χ0) is 17.1. The quantitative estimate of drug-likeness (QED) is 0.241. The van der Waals surface area contributed by atoms with Crippen LogP contribution in [0.15, 0.2) is 4.99 Å². The molecule has 1 aliphatic rings. The molecule has 0 spiro atoms. The number of aliphatic imine (C=N–C) groups is 1. The Labute approximate surface area is 164 Å². The van der Waals surface area contributed by atoms with Crippen molar-refractivity contribution in [3.63, 3.8) is 0 Å². The Balaban J connectivity index is 0.00000529. The summed E-state index contributed by atoms with van der Waals surface area (Å²) in [6.45, 7) is 4.76. The van der Waals surface area contributed by atoms with Gasteiger partial charge in [0, 0.05) is 25.4 Å². The van der Waals surface area contributed by atoms with E-state index in [0.717, 1.165) is 50.6 Å². The van der Waals surface area contributed by atoms with Crippen LogP contribution >= 0.6 is 35.7 Å². The van der Waals surface area contributed by atoms with Crippen LogP contribution in [0, 0.1) is 5.92 Å². The summed E-state index contributed by atoms with van der Waals surface area (Å²) in [5, 5.41) is 6.49. The smallest absolute Gasteiger partial charge is 0.357 e. The molecule has 0 aromatic carbocycles. The van der Waals surface area contributed by atoms with Gasteiger partial charge in [0.25, 0.3) is 0 Å². The van der Waals surface area contributed by atoms with E-state index in [2.05, 4.69) is 21.9 Å². The summed E-state index contributed by atoms with van der Waals surface area (Å²) in [4.78, 5) is 6.06. The number of halogens is 4. The van der Waals surface area contributed by atoms with Gasteiger partial charge in [-0.25, -0.2) is 0 Å². The molecule has 0 atom stereocenters. The molecule has 0 aromatic rings. The minimum Gasteiger partial charge on any atom is -0.357 e. The molecule has 0 amide bonds. The summed E-state index contributed by atoms with van der Waals surface area (Å²) in [5.74, 6) is 2.34. The molecular weight excluding hydrogens is 452 g/mol. The first-order valence-corrected chi connectivity index (χ1v) is 9.64. The van der Waals surface area contributed by atoms with Crippen LogP contribution in [0.1, 0.15) is 26.2 Å². The van der Waals surface area contributed by atoms with Crippen molar-refractivity contribution in [1.82, 2.24) is 15.5 Å². The normalized spacial score (nSPS) is 17.5. The summed E-state index contributed by atoms with van der Waals surface area (Å²) in [6.07, 6.45) is 0.597. The molecule has 9 heteroatoms. The lowest BCUT2D eigenvalue weighted by Crippen LogP contribution is -2.40. The van der Waals surface area contributed by atoms with Gasteiger partial charge in [-0.2, -0.15) is 24.9 Å². The number of alkyl halides is 3. The Morgan fingerprint density at radius 3 is 2.46 bits per heavy atom. The van der Waals surface area contributed by atoms with Gasteiger partial charge in [0.05, 0.1) is 6.54 Å². The van der Waals surface area contributed by atoms with Crippen LogP contribution in [0.4, 0.5) is 13.2 Å². The summed E-state index contributed by atoms with van der Waals surface area (Å²) >= 11 is 1.78. The van der Waals surface area contributed by atoms with Crippen LogP contribution in [0.2, 0.25) is 0 Å². The molecule has 1 saturated heterocycles. The summed E-state index contributed by atoms with van der Waals surface area (Å²) in [6, 6.07) is 0. The highest BCUT2D eigenvalue weighted by Gasteiger charge is 2.32. The predicted molar refractivity (Wildman–Crippen MR) is 108 cm³/mol. The Morgan fingerprint density at radius 2 is 1.92 bits per heavy atom. The van der Waals surface area contributed by atoms with Crippen molar-refractivity contribution in [2.75, 3.05) is 51.3 Å². The number of rotatable bonds is 8. The second-order valence-electron chi connectivity index (χ2n) is 5.80. The number of nitrogens with zero attached hydrogens (tertiary/aromatic N) is 2. The van der Waals surface area contributed by atoms with Crippen molar-refractivity contribution in [3.05, 3.63) is 0 Å². The molecule has 4 nitrogen and oxygen atoms in total. The first-order valence-electron chi connectivity index (χ1n) is 8.24. The molecule has 2 N–H and O–H groups in total. The maximum atomic E-state index is 12.4. The monoisotopic (exact) mass is 482 g/mol. The van der Waals surface area contributed by atoms with Crippen LogP contribution < -0.4 is 10.6 Å². The highest BCUT2D eigenvalue weighted by atomic mass is 127. The maximum absolute atomic E-state index is 12.4. The molecule has 0 saturated carbocycles. The molecule has 0 aromatic heterocycles. The van der Waals surface area contributed by atoms with Gasteiger partial charge in [-0.05, 0) is 51.4 Å². The highest BCUT2D eigenvalue weighted by Crippen LogP contribution is 2.24. The van der Waals surface area contributed by atoms with Crippen molar-refractivity contribution in [1.29, 1.82) is 0 Å². The molecule has 144 valence electrons. The van der Waals surface area contributed by atoms with Crippen LogP contribution in [-0.2, 0) is 0 Å². The first kappa shape index (κ1) is 24.1. The topological polar surface area (TPSA) is 39.7 Å². The summed E-state index contributed by atoms with van der Waals surface area (Å²) < 4.78 is 37.1. The Morgan fingerprint density at radius 1 is 1.25 bits per heavy atom. The predicted octanol–water partition coefficient (Wildman–Crippen LogP) is 3.19. The number of nitrogens with one attached hydrogen (secondary N) is 2. The van der Waals surface area contributed by atoms with Gasteiger partial charge in [0.1, 0.15) is 0 Å². The van der Waals surface area contributed by atoms with E-state index in [9.17, 15) is 13.2 Å². The van der Waals surface area contributed by atoms with Crippen molar-refractivity contribution in [3.8, 4) is 0 Å². The van der Waals surface area contributed by atoms with E-state index in [1.165, 1.54) is 4.90 Å². The molecule has 0 radical (unpaired) electrons. The molecule has 1 fully saturated rings. The number of thioether (sulfide) groups is 1. The lowest BCUT2D eigenvalue weighted by atomic mass is 9.93. The number of likely N-dealkylation sites (tertiary alicyclic amines) is 1. The minimum atomic E-state index is -4.08. The highest BCUT2D eigenvalue weighted by molar-refractivity contribution is 14.0. The van der Waals surface area contributed by atoms with Crippen LogP contribution in [-0.4, -0.2) is 68.3 Å². The van der Waals surface area contributed by atoms with E-state index in [0.29, 0.717) is 19.0 Å². The maximum Gasteiger partial charge on any atom is 0.401 e. The van der Waals surface area contributed by atoms with E-state index in [4.69, 9.17) is 0 Å². The summed E-state index contributed by atoms with van der Waals surface area (Å²) in [7, 11) is 0. The molecule has 1 heterocycles. The SMILES string of the molecule is CCNC(=NCCC1CCN(CC(F)(F)F)CC1)NCCSC.I. The fraction of sp³-hybridized carbons (Fsp3) is 0.933. The fourth-order valence-corrected chi connectivity index (χ4v) is 2.97. The molecular formula is C15H30F3IN4S. The van der Waals surface area contributed by atoms with Gasteiger partial charge in [-0.3, -0.25) is 9.89 Å². The Hall–Kier alpha value is 0.1000. The van der Waals surface area contributed by atoms with Crippen molar-refractivity contribution in [2.24, 2.45) is 10.9 Å². The van der Waals surface area contributed by atoms with Gasteiger partial charge in [-0.15, -0.1) is 24.0 Å². The lowest BCUT2D eigenvalue weighted by molar-refractivity contribution is -0.148. The average Bonchev–Trinajstić information content (AvgIpc) is 2.48. The Bertz CT molecular complexity index is 348. The van der Waals surface area contributed by atoms with Gasteiger partial charge in [-0.1, -0.05) is 0 Å². The standard InChI is InChI=1S/C15H29F3N4S.HI/c1-3-19-14(21-8-11-23-2)20-7-4-13-5-9-22(10-6-13)12-15(16,17)18;/h13H,3-12H2,1-2H3,(H2,19,20,21);1H. The van der Waals surface area contributed by atoms with Crippen molar-refractivity contribution < 1.29 is 13.2 Å². The zero-order valence-corrected chi connectivity index (χ0v) is 17.6. The van der Waals surface area contributed by atoms with Crippen LogP contribution in [0.25, 0.3) is 0 Å². The molecule has 24 heavy (non-hydrogen) atoms. The van der Waals surface area contributed by atoms with Crippen LogP contribution in [0.5, 0.6) is 0 Å².